The molecule has 4 nitrogen and oxygen atoms in total. The zero-order valence-electron chi connectivity index (χ0n) is 6.90. The summed E-state index contributed by atoms with van der Waals surface area (Å²) in [7, 11) is 0. The molecule has 1 aromatic carbocycles. The van der Waals surface area contributed by atoms with E-state index in [4.69, 9.17) is 5.73 Å². The van der Waals surface area contributed by atoms with Crippen LogP contribution in [0.25, 0.3) is 0 Å². The van der Waals surface area contributed by atoms with Crippen molar-refractivity contribution in [1.29, 1.82) is 0 Å². The van der Waals surface area contributed by atoms with Crippen LogP contribution in [-0.4, -0.2) is 17.2 Å². The fourth-order valence-electron chi connectivity index (χ4n) is 1.43. The summed E-state index contributed by atoms with van der Waals surface area (Å²) in [6, 6.07) is 7.24. The van der Waals surface area contributed by atoms with Crippen LogP contribution in [0.5, 0.6) is 0 Å². The Morgan fingerprint density at radius 1 is 1.69 bits per heavy atom. The van der Waals surface area contributed by atoms with Crippen LogP contribution in [0.2, 0.25) is 0 Å². The molecule has 3 N–H and O–H groups in total. The van der Waals surface area contributed by atoms with Crippen molar-refractivity contribution in [2.45, 2.75) is 12.5 Å². The summed E-state index contributed by atoms with van der Waals surface area (Å²) in [5.41, 5.74) is 6.87. The summed E-state index contributed by atoms with van der Waals surface area (Å²) >= 11 is 0. The predicted molar refractivity (Wildman–Crippen MR) is 46.2 cm³/mol. The number of hydrogen-bond donors (Lipinski definition) is 2. The van der Waals surface area contributed by atoms with E-state index in [1.54, 1.807) is 18.2 Å². The largest absolute Gasteiger partial charge is 0.320 e. The Hall–Kier alpha value is -1.39. The quantitative estimate of drug-likeness (QED) is 0.552. The molecule has 1 amide bonds. The van der Waals surface area contributed by atoms with Gasteiger partial charge in [-0.1, -0.05) is 6.07 Å². The molecule has 0 aromatic heterocycles. The lowest BCUT2D eigenvalue weighted by molar-refractivity contribution is -0.125. The molecule has 0 saturated carbocycles. The van der Waals surface area contributed by atoms with Crippen molar-refractivity contribution in [1.82, 2.24) is 0 Å². The summed E-state index contributed by atoms with van der Waals surface area (Å²) in [5, 5.41) is 10.00. The second kappa shape index (κ2) is 2.83. The molecular formula is C9H9N2O2. The standard InChI is InChI=1S/C9H9N2O2/c10-7-5-6-3-1-2-4-8(6)11(13)9(7)12/h2-4,7,13H,5,10H2. The molecule has 0 aliphatic carbocycles. The van der Waals surface area contributed by atoms with E-state index in [-0.39, 0.29) is 0 Å². The van der Waals surface area contributed by atoms with Gasteiger partial charge in [-0.3, -0.25) is 10.0 Å². The first-order valence-electron chi connectivity index (χ1n) is 3.97. The van der Waals surface area contributed by atoms with Crippen molar-refractivity contribution in [3.8, 4) is 0 Å². The van der Waals surface area contributed by atoms with Gasteiger partial charge in [0.25, 0.3) is 5.91 Å². The monoisotopic (exact) mass is 177 g/mol. The second-order valence-electron chi connectivity index (χ2n) is 3.02. The lowest BCUT2D eigenvalue weighted by Crippen LogP contribution is -2.47. The molecule has 2 rings (SSSR count). The molecule has 0 bridgehead atoms. The fraction of sp³-hybridized carbons (Fsp3) is 0.222. The van der Waals surface area contributed by atoms with Gasteiger partial charge in [0, 0.05) is 0 Å². The Labute approximate surface area is 75.5 Å². The Kier molecular flexibility index (Phi) is 1.79. The third kappa shape index (κ3) is 1.20. The minimum absolute atomic E-state index is 0.460. The number of hydroxylamine groups is 1. The maximum atomic E-state index is 11.2. The lowest BCUT2D eigenvalue weighted by Gasteiger charge is -2.27. The van der Waals surface area contributed by atoms with Crippen LogP contribution < -0.4 is 10.8 Å². The van der Waals surface area contributed by atoms with Crippen LogP contribution in [-0.2, 0) is 11.2 Å². The summed E-state index contributed by atoms with van der Waals surface area (Å²) in [6.45, 7) is 0. The number of rotatable bonds is 0. The fourth-order valence-corrected chi connectivity index (χ4v) is 1.43. The number of carbonyl (C=O) groups excluding carboxylic acids is 1. The van der Waals surface area contributed by atoms with Gasteiger partial charge in [-0.2, -0.15) is 5.06 Å². The van der Waals surface area contributed by atoms with Gasteiger partial charge >= 0.3 is 0 Å². The lowest BCUT2D eigenvalue weighted by atomic mass is 9.99. The van der Waals surface area contributed by atoms with Crippen LogP contribution in [0.1, 0.15) is 5.56 Å². The van der Waals surface area contributed by atoms with E-state index in [0.29, 0.717) is 17.2 Å². The normalized spacial score (nSPS) is 21.5. The van der Waals surface area contributed by atoms with Crippen LogP contribution in [0.15, 0.2) is 18.2 Å². The first-order chi connectivity index (χ1) is 6.20. The predicted octanol–water partition coefficient (Wildman–Crippen LogP) is 0.0924. The van der Waals surface area contributed by atoms with Crippen LogP contribution in [0.4, 0.5) is 5.69 Å². The number of anilines is 1. The molecule has 0 fully saturated rings. The van der Waals surface area contributed by atoms with Crippen molar-refractivity contribution in [3.05, 3.63) is 29.8 Å². The van der Waals surface area contributed by atoms with E-state index in [9.17, 15) is 10.0 Å². The van der Waals surface area contributed by atoms with E-state index < -0.39 is 11.9 Å². The molecule has 1 aliphatic rings. The molecule has 67 valence electrons. The smallest absolute Gasteiger partial charge is 0.267 e. The zero-order valence-corrected chi connectivity index (χ0v) is 6.90. The number of benzene rings is 1. The number of nitrogens with two attached hydrogens (primary N) is 1. The van der Waals surface area contributed by atoms with Crippen molar-refractivity contribution in [2.24, 2.45) is 5.73 Å². The minimum Gasteiger partial charge on any atom is -0.320 e. The first kappa shape index (κ1) is 8.22. The number of nitrogens with zero attached hydrogens (tertiary/aromatic N) is 1. The Bertz CT molecular complexity index is 351. The van der Waals surface area contributed by atoms with Gasteiger partial charge in [-0.15, -0.1) is 0 Å². The number of carbonyl (C=O) groups is 1. The van der Waals surface area contributed by atoms with Gasteiger partial charge < -0.3 is 5.73 Å². The maximum Gasteiger partial charge on any atom is 0.267 e. The van der Waals surface area contributed by atoms with Crippen molar-refractivity contribution < 1.29 is 10.0 Å². The van der Waals surface area contributed by atoms with E-state index in [0.717, 1.165) is 5.56 Å². The summed E-state index contributed by atoms with van der Waals surface area (Å²) in [4.78, 5) is 11.2. The second-order valence-corrected chi connectivity index (χ2v) is 3.02. The Morgan fingerprint density at radius 2 is 2.46 bits per heavy atom. The molecular weight excluding hydrogens is 168 g/mol. The van der Waals surface area contributed by atoms with Gasteiger partial charge in [0.1, 0.15) is 0 Å². The third-order valence-corrected chi connectivity index (χ3v) is 2.12. The SMILES string of the molecule is NC1Cc2c[c]ccc2N(O)C1=O. The third-order valence-electron chi connectivity index (χ3n) is 2.12. The summed E-state index contributed by atoms with van der Waals surface area (Å²) in [5.74, 6) is -0.460. The van der Waals surface area contributed by atoms with E-state index in [1.165, 1.54) is 0 Å². The van der Waals surface area contributed by atoms with Crippen molar-refractivity contribution >= 4 is 11.6 Å². The average molecular weight is 177 g/mol. The molecule has 1 aliphatic heterocycles. The molecule has 1 atom stereocenters. The Balaban J connectivity index is 2.49. The van der Waals surface area contributed by atoms with Crippen LogP contribution in [0.3, 0.4) is 0 Å². The van der Waals surface area contributed by atoms with E-state index in [1.807, 2.05) is 0 Å². The molecule has 13 heavy (non-hydrogen) atoms. The van der Waals surface area contributed by atoms with Gasteiger partial charge in [0.15, 0.2) is 0 Å². The average Bonchev–Trinajstić information content (AvgIpc) is 2.15. The highest BCUT2D eigenvalue weighted by Gasteiger charge is 2.28. The molecule has 4 heteroatoms. The van der Waals surface area contributed by atoms with Crippen LogP contribution >= 0.6 is 0 Å². The molecule has 1 heterocycles. The van der Waals surface area contributed by atoms with E-state index >= 15 is 0 Å². The minimum atomic E-state index is -0.645. The Morgan fingerprint density at radius 3 is 3.23 bits per heavy atom. The van der Waals surface area contributed by atoms with Crippen molar-refractivity contribution in [3.63, 3.8) is 0 Å². The highest BCUT2D eigenvalue weighted by Crippen LogP contribution is 2.24. The van der Waals surface area contributed by atoms with Gasteiger partial charge in [-0.25, -0.2) is 0 Å². The van der Waals surface area contributed by atoms with E-state index in [2.05, 4.69) is 6.07 Å². The topological polar surface area (TPSA) is 66.6 Å². The molecule has 0 spiro atoms. The molecule has 1 aromatic rings. The first-order valence-corrected chi connectivity index (χ1v) is 3.97. The number of hydrogen-bond acceptors (Lipinski definition) is 3. The summed E-state index contributed by atoms with van der Waals surface area (Å²) in [6.07, 6.45) is 0.461. The van der Waals surface area contributed by atoms with Crippen molar-refractivity contribution in [2.75, 3.05) is 5.06 Å². The molecule has 1 radical (unpaired) electrons. The highest BCUT2D eigenvalue weighted by atomic mass is 16.5. The van der Waals surface area contributed by atoms with Gasteiger partial charge in [0.05, 0.1) is 11.7 Å². The molecule has 0 saturated heterocycles. The molecule has 1 unspecified atom stereocenters. The number of fused-ring (bicyclic) bond motifs is 1. The van der Waals surface area contributed by atoms with Gasteiger partial charge in [0.2, 0.25) is 0 Å². The van der Waals surface area contributed by atoms with Gasteiger partial charge in [-0.05, 0) is 30.2 Å². The highest BCUT2D eigenvalue weighted by molar-refractivity contribution is 5.97. The maximum absolute atomic E-state index is 11.2. The number of amides is 1. The summed E-state index contributed by atoms with van der Waals surface area (Å²) < 4.78 is 0. The van der Waals surface area contributed by atoms with Crippen LogP contribution in [0, 0.1) is 6.07 Å². The zero-order chi connectivity index (χ0) is 9.42.